The predicted octanol–water partition coefficient (Wildman–Crippen LogP) is 2.69. The van der Waals surface area contributed by atoms with Crippen molar-refractivity contribution in [2.45, 2.75) is 82.6 Å². The van der Waals surface area contributed by atoms with E-state index in [4.69, 9.17) is 9.47 Å². The second-order valence-corrected chi connectivity index (χ2v) is 7.39. The number of rotatable bonds is 1. The van der Waals surface area contributed by atoms with Crippen LogP contribution in [0, 0.1) is 0 Å². The van der Waals surface area contributed by atoms with E-state index in [0.717, 1.165) is 32.3 Å². The van der Waals surface area contributed by atoms with Crippen LogP contribution in [0.4, 0.5) is 4.79 Å². The van der Waals surface area contributed by atoms with Crippen molar-refractivity contribution in [2.24, 2.45) is 0 Å². The Balaban J connectivity index is 1.54. The highest BCUT2D eigenvalue weighted by molar-refractivity contribution is 5.74. The minimum atomic E-state index is 0.0417. The molecule has 0 aromatic carbocycles. The van der Waals surface area contributed by atoms with Crippen molar-refractivity contribution < 1.29 is 14.3 Å². The van der Waals surface area contributed by atoms with Crippen molar-refractivity contribution >= 4 is 6.03 Å². The first-order valence-corrected chi connectivity index (χ1v) is 8.91. The molecule has 0 aromatic rings. The van der Waals surface area contributed by atoms with E-state index >= 15 is 0 Å². The largest absolute Gasteiger partial charge is 0.375 e. The molecule has 0 radical (unpaired) electrons. The summed E-state index contributed by atoms with van der Waals surface area (Å²) in [6, 6.07) is 0.327. The van der Waals surface area contributed by atoms with Gasteiger partial charge in [0.25, 0.3) is 0 Å². The van der Waals surface area contributed by atoms with E-state index in [9.17, 15) is 4.79 Å². The van der Waals surface area contributed by atoms with E-state index < -0.39 is 0 Å². The number of hydrogen-bond acceptors (Lipinski definition) is 3. The number of morpholine rings is 1. The zero-order chi connectivity index (χ0) is 15.6. The van der Waals surface area contributed by atoms with E-state index in [1.54, 1.807) is 0 Å². The highest BCUT2D eigenvalue weighted by Crippen LogP contribution is 2.38. The van der Waals surface area contributed by atoms with Gasteiger partial charge >= 0.3 is 6.03 Å². The second-order valence-electron chi connectivity index (χ2n) is 7.39. The fraction of sp³-hybridized carbons (Fsp3) is 0.941. The number of carbonyl (C=O) groups excluding carboxylic acids is 1. The standard InChI is InChI=1S/C17H30N2O3/c1-13-11-19(12-14(2)22-13)16(20)18-15-6-9-21-17(10-15)7-4-3-5-8-17/h13-15H,3-12H2,1-2H3,(H,18,20)/t13-,14+,15-/m1/s1. The fourth-order valence-electron chi connectivity index (χ4n) is 4.31. The maximum absolute atomic E-state index is 12.5. The molecule has 0 aromatic heterocycles. The zero-order valence-electron chi connectivity index (χ0n) is 14.0. The maximum atomic E-state index is 12.5. The molecule has 5 heteroatoms. The van der Waals surface area contributed by atoms with Gasteiger partial charge in [0.05, 0.1) is 17.8 Å². The number of nitrogens with one attached hydrogen (secondary N) is 1. The SMILES string of the molecule is C[C@@H]1CN(C(=O)N[C@@H]2CCOC3(CCCCC3)C2)C[C@H](C)O1. The van der Waals surface area contributed by atoms with Gasteiger partial charge in [-0.2, -0.15) is 0 Å². The normalized spacial score (nSPS) is 35.4. The number of hydrogen-bond donors (Lipinski definition) is 1. The number of urea groups is 1. The molecule has 22 heavy (non-hydrogen) atoms. The van der Waals surface area contributed by atoms with Crippen LogP contribution in [0.15, 0.2) is 0 Å². The number of ether oxygens (including phenoxy) is 2. The third-order valence-corrected chi connectivity index (χ3v) is 5.29. The smallest absolute Gasteiger partial charge is 0.317 e. The molecule has 2 heterocycles. The Morgan fingerprint density at radius 3 is 2.50 bits per heavy atom. The topological polar surface area (TPSA) is 50.8 Å². The average molecular weight is 310 g/mol. The molecule has 1 spiro atoms. The van der Waals surface area contributed by atoms with Gasteiger partial charge in [0.15, 0.2) is 0 Å². The summed E-state index contributed by atoms with van der Waals surface area (Å²) < 4.78 is 11.8. The maximum Gasteiger partial charge on any atom is 0.317 e. The van der Waals surface area contributed by atoms with Crippen molar-refractivity contribution in [3.8, 4) is 0 Å². The number of carbonyl (C=O) groups is 1. The molecule has 2 aliphatic heterocycles. The lowest BCUT2D eigenvalue weighted by Crippen LogP contribution is -2.56. The minimum Gasteiger partial charge on any atom is -0.375 e. The lowest BCUT2D eigenvalue weighted by molar-refractivity contribution is -0.108. The second kappa shape index (κ2) is 6.75. The summed E-state index contributed by atoms with van der Waals surface area (Å²) in [5.74, 6) is 0. The molecule has 126 valence electrons. The molecule has 2 amide bonds. The number of amides is 2. The summed E-state index contributed by atoms with van der Waals surface area (Å²) in [6.45, 7) is 6.21. The molecule has 1 saturated carbocycles. The molecule has 3 rings (SSSR count). The lowest BCUT2D eigenvalue weighted by Gasteiger charge is -2.44. The Kier molecular flexibility index (Phi) is 4.93. The van der Waals surface area contributed by atoms with Crippen molar-refractivity contribution in [1.29, 1.82) is 0 Å². The van der Waals surface area contributed by atoms with Crippen LogP contribution in [-0.4, -0.2) is 54.5 Å². The molecule has 3 aliphatic rings. The van der Waals surface area contributed by atoms with Crippen LogP contribution in [-0.2, 0) is 9.47 Å². The van der Waals surface area contributed by atoms with Gasteiger partial charge in [-0.3, -0.25) is 0 Å². The van der Waals surface area contributed by atoms with Crippen molar-refractivity contribution in [3.05, 3.63) is 0 Å². The highest BCUT2D eigenvalue weighted by Gasteiger charge is 2.39. The fourth-order valence-corrected chi connectivity index (χ4v) is 4.31. The molecule has 5 nitrogen and oxygen atoms in total. The quantitative estimate of drug-likeness (QED) is 0.810. The lowest BCUT2D eigenvalue weighted by atomic mass is 9.78. The van der Waals surface area contributed by atoms with Crippen molar-refractivity contribution in [2.75, 3.05) is 19.7 Å². The van der Waals surface area contributed by atoms with Crippen LogP contribution in [0.1, 0.15) is 58.8 Å². The summed E-state index contributed by atoms with van der Waals surface area (Å²) in [6.07, 6.45) is 8.32. The van der Waals surface area contributed by atoms with Gasteiger partial charge in [-0.05, 0) is 39.5 Å². The summed E-state index contributed by atoms with van der Waals surface area (Å²) in [7, 11) is 0. The van der Waals surface area contributed by atoms with Gasteiger partial charge in [-0.25, -0.2) is 4.79 Å². The van der Waals surface area contributed by atoms with Gasteiger partial charge in [0, 0.05) is 25.7 Å². The molecule has 0 unspecified atom stereocenters. The van der Waals surface area contributed by atoms with Gasteiger partial charge in [-0.15, -0.1) is 0 Å². The Labute approximate surface area is 133 Å². The Bertz CT molecular complexity index is 380. The summed E-state index contributed by atoms with van der Waals surface area (Å²) >= 11 is 0. The molecule has 3 fully saturated rings. The first-order valence-electron chi connectivity index (χ1n) is 8.91. The van der Waals surface area contributed by atoms with Crippen molar-refractivity contribution in [1.82, 2.24) is 10.2 Å². The van der Waals surface area contributed by atoms with Crippen LogP contribution >= 0.6 is 0 Å². The average Bonchev–Trinajstić information content (AvgIpc) is 2.47. The summed E-state index contributed by atoms with van der Waals surface area (Å²) in [5, 5.41) is 3.25. The highest BCUT2D eigenvalue weighted by atomic mass is 16.5. The molecular weight excluding hydrogens is 280 g/mol. The molecule has 1 N–H and O–H groups in total. The monoisotopic (exact) mass is 310 g/mol. The van der Waals surface area contributed by atoms with Crippen molar-refractivity contribution in [3.63, 3.8) is 0 Å². The zero-order valence-corrected chi connectivity index (χ0v) is 14.0. The first-order chi connectivity index (χ1) is 10.6. The van der Waals surface area contributed by atoms with Crippen LogP contribution in [0.2, 0.25) is 0 Å². The van der Waals surface area contributed by atoms with Gasteiger partial charge < -0.3 is 19.7 Å². The van der Waals surface area contributed by atoms with Gasteiger partial charge in [0.1, 0.15) is 0 Å². The molecular formula is C17H30N2O3. The van der Waals surface area contributed by atoms with E-state index in [1.807, 2.05) is 18.7 Å². The summed E-state index contributed by atoms with van der Waals surface area (Å²) in [5.41, 5.74) is 0.0417. The van der Waals surface area contributed by atoms with Gasteiger partial charge in [0.2, 0.25) is 0 Å². The predicted molar refractivity (Wildman–Crippen MR) is 84.9 cm³/mol. The van der Waals surface area contributed by atoms with Crippen LogP contribution in [0.25, 0.3) is 0 Å². The molecule has 1 aliphatic carbocycles. The Morgan fingerprint density at radius 2 is 1.82 bits per heavy atom. The third-order valence-electron chi connectivity index (χ3n) is 5.29. The molecule has 2 saturated heterocycles. The summed E-state index contributed by atoms with van der Waals surface area (Å²) in [4.78, 5) is 14.5. The Morgan fingerprint density at radius 1 is 1.14 bits per heavy atom. The molecule has 0 bridgehead atoms. The van der Waals surface area contributed by atoms with E-state index in [1.165, 1.54) is 19.3 Å². The van der Waals surface area contributed by atoms with Gasteiger partial charge in [-0.1, -0.05) is 19.3 Å². The first kappa shape index (κ1) is 16.1. The third kappa shape index (κ3) is 3.74. The van der Waals surface area contributed by atoms with E-state index in [-0.39, 0.29) is 29.9 Å². The molecule has 3 atom stereocenters. The minimum absolute atomic E-state index is 0.0417. The van der Waals surface area contributed by atoms with Crippen LogP contribution < -0.4 is 5.32 Å². The number of nitrogens with zero attached hydrogens (tertiary/aromatic N) is 1. The van der Waals surface area contributed by atoms with Crippen LogP contribution in [0.5, 0.6) is 0 Å². The Hall–Kier alpha value is -0.810. The van der Waals surface area contributed by atoms with E-state index in [0.29, 0.717) is 13.1 Å². The van der Waals surface area contributed by atoms with E-state index in [2.05, 4.69) is 5.32 Å². The van der Waals surface area contributed by atoms with Crippen LogP contribution in [0.3, 0.4) is 0 Å².